The van der Waals surface area contributed by atoms with Crippen LogP contribution in [0.15, 0.2) is 83.8 Å². The van der Waals surface area contributed by atoms with E-state index < -0.39 is 10.0 Å². The molecule has 0 bridgehead atoms. The van der Waals surface area contributed by atoms with Gasteiger partial charge in [-0.05, 0) is 48.0 Å². The summed E-state index contributed by atoms with van der Waals surface area (Å²) in [6.07, 6.45) is 0. The first-order chi connectivity index (χ1) is 14.4. The first kappa shape index (κ1) is 21.7. The first-order valence-electron chi connectivity index (χ1n) is 9.25. The molecule has 0 saturated heterocycles. The van der Waals surface area contributed by atoms with E-state index in [1.165, 1.54) is 23.5 Å². The lowest BCUT2D eigenvalue weighted by atomic mass is 10.2. The number of nitrogens with one attached hydrogen (secondary N) is 2. The molecular weight excluding hydrogens is 422 g/mol. The number of amides is 1. The third kappa shape index (κ3) is 5.52. The van der Waals surface area contributed by atoms with Crippen LogP contribution in [-0.2, 0) is 21.4 Å². The van der Waals surface area contributed by atoms with E-state index in [4.69, 9.17) is 11.6 Å². The monoisotopic (exact) mass is 443 g/mol. The van der Waals surface area contributed by atoms with E-state index >= 15 is 0 Å². The lowest BCUT2D eigenvalue weighted by molar-refractivity contribution is -0.119. The van der Waals surface area contributed by atoms with Crippen LogP contribution in [0.25, 0.3) is 0 Å². The predicted octanol–water partition coefficient (Wildman–Crippen LogP) is 3.89. The topological polar surface area (TPSA) is 78.5 Å². The van der Waals surface area contributed by atoms with Crippen molar-refractivity contribution in [1.29, 1.82) is 0 Å². The van der Waals surface area contributed by atoms with Crippen molar-refractivity contribution >= 4 is 38.9 Å². The SMILES string of the molecule is CN(c1ccccc1)S(=O)(=O)c1cccc(NCC(=O)NCc2ccc(Cl)cc2)c1. The summed E-state index contributed by atoms with van der Waals surface area (Å²) in [5, 5.41) is 6.41. The van der Waals surface area contributed by atoms with E-state index in [0.717, 1.165) is 5.56 Å². The lowest BCUT2D eigenvalue weighted by Crippen LogP contribution is -2.29. The zero-order valence-electron chi connectivity index (χ0n) is 16.4. The average Bonchev–Trinajstić information content (AvgIpc) is 2.77. The number of carbonyl (C=O) groups is 1. The fourth-order valence-corrected chi connectivity index (χ4v) is 4.12. The van der Waals surface area contributed by atoms with E-state index in [1.54, 1.807) is 48.5 Å². The summed E-state index contributed by atoms with van der Waals surface area (Å²) >= 11 is 5.85. The Kier molecular flexibility index (Phi) is 6.97. The van der Waals surface area contributed by atoms with Crippen molar-refractivity contribution in [2.75, 3.05) is 23.2 Å². The molecule has 3 aromatic carbocycles. The van der Waals surface area contributed by atoms with E-state index in [1.807, 2.05) is 18.2 Å². The number of hydrogen-bond acceptors (Lipinski definition) is 4. The summed E-state index contributed by atoms with van der Waals surface area (Å²) in [5.74, 6) is -0.209. The number of nitrogens with zero attached hydrogens (tertiary/aromatic N) is 1. The minimum absolute atomic E-state index is 0.0195. The van der Waals surface area contributed by atoms with Crippen molar-refractivity contribution in [1.82, 2.24) is 5.32 Å². The molecule has 0 saturated carbocycles. The first-order valence-corrected chi connectivity index (χ1v) is 11.1. The summed E-state index contributed by atoms with van der Waals surface area (Å²) in [6.45, 7) is 0.402. The summed E-state index contributed by atoms with van der Waals surface area (Å²) < 4.78 is 27.1. The van der Waals surface area contributed by atoms with Crippen molar-refractivity contribution < 1.29 is 13.2 Å². The average molecular weight is 444 g/mol. The highest BCUT2D eigenvalue weighted by Crippen LogP contribution is 2.23. The van der Waals surface area contributed by atoms with Crippen molar-refractivity contribution in [2.24, 2.45) is 0 Å². The molecule has 2 N–H and O–H groups in total. The van der Waals surface area contributed by atoms with E-state index in [-0.39, 0.29) is 17.3 Å². The van der Waals surface area contributed by atoms with Crippen LogP contribution in [0.4, 0.5) is 11.4 Å². The minimum atomic E-state index is -3.72. The van der Waals surface area contributed by atoms with Gasteiger partial charge in [0.15, 0.2) is 0 Å². The Morgan fingerprint density at radius 3 is 2.37 bits per heavy atom. The molecule has 0 aliphatic carbocycles. The number of carbonyl (C=O) groups excluding carboxylic acids is 1. The van der Waals surface area contributed by atoms with E-state index in [0.29, 0.717) is 22.9 Å². The smallest absolute Gasteiger partial charge is 0.264 e. The Morgan fingerprint density at radius 2 is 1.67 bits per heavy atom. The molecule has 6 nitrogen and oxygen atoms in total. The van der Waals surface area contributed by atoms with Gasteiger partial charge in [-0.25, -0.2) is 8.42 Å². The second-order valence-corrected chi connectivity index (χ2v) is 9.00. The fraction of sp³-hybridized carbons (Fsp3) is 0.136. The minimum Gasteiger partial charge on any atom is -0.376 e. The number of anilines is 2. The van der Waals surface area contributed by atoms with Gasteiger partial charge in [0, 0.05) is 24.3 Å². The maximum atomic E-state index is 12.9. The quantitative estimate of drug-likeness (QED) is 0.553. The lowest BCUT2D eigenvalue weighted by Gasteiger charge is -2.20. The molecule has 0 spiro atoms. The van der Waals surface area contributed by atoms with E-state index in [9.17, 15) is 13.2 Å². The van der Waals surface area contributed by atoms with Gasteiger partial charge in [-0.3, -0.25) is 9.10 Å². The normalized spacial score (nSPS) is 11.0. The molecule has 0 atom stereocenters. The van der Waals surface area contributed by atoms with Crippen molar-refractivity contribution in [2.45, 2.75) is 11.4 Å². The Morgan fingerprint density at radius 1 is 0.967 bits per heavy atom. The molecule has 0 aliphatic heterocycles. The zero-order valence-corrected chi connectivity index (χ0v) is 18.0. The van der Waals surface area contributed by atoms with Crippen molar-refractivity contribution in [3.8, 4) is 0 Å². The van der Waals surface area contributed by atoms with Gasteiger partial charge in [0.25, 0.3) is 10.0 Å². The summed E-state index contributed by atoms with van der Waals surface area (Å²) in [5.41, 5.74) is 2.04. The Bertz CT molecular complexity index is 1100. The molecule has 0 aromatic heterocycles. The third-order valence-corrected chi connectivity index (χ3v) is 6.50. The second-order valence-electron chi connectivity index (χ2n) is 6.59. The number of hydrogen-bond donors (Lipinski definition) is 2. The maximum absolute atomic E-state index is 12.9. The summed E-state index contributed by atoms with van der Waals surface area (Å²) in [6, 6.07) is 22.4. The van der Waals surface area contributed by atoms with Crippen molar-refractivity contribution in [3.63, 3.8) is 0 Å². The van der Waals surface area contributed by atoms with Crippen LogP contribution < -0.4 is 14.9 Å². The maximum Gasteiger partial charge on any atom is 0.264 e. The van der Waals surface area contributed by atoms with E-state index in [2.05, 4.69) is 10.6 Å². The molecule has 8 heteroatoms. The van der Waals surface area contributed by atoms with Crippen LogP contribution in [-0.4, -0.2) is 27.9 Å². The number of para-hydroxylation sites is 1. The van der Waals surface area contributed by atoms with Crippen LogP contribution in [0.1, 0.15) is 5.56 Å². The van der Waals surface area contributed by atoms with Gasteiger partial charge in [-0.15, -0.1) is 0 Å². The summed E-state index contributed by atoms with van der Waals surface area (Å²) in [4.78, 5) is 12.2. The molecule has 30 heavy (non-hydrogen) atoms. The van der Waals surface area contributed by atoms with Gasteiger partial charge in [-0.2, -0.15) is 0 Å². The van der Waals surface area contributed by atoms with Crippen molar-refractivity contribution in [3.05, 3.63) is 89.4 Å². The van der Waals surface area contributed by atoms with Gasteiger partial charge >= 0.3 is 0 Å². The third-order valence-electron chi connectivity index (χ3n) is 4.47. The molecule has 0 unspecified atom stereocenters. The Balaban J connectivity index is 1.61. The number of benzene rings is 3. The molecule has 3 aromatic rings. The molecule has 0 fully saturated rings. The van der Waals surface area contributed by atoms with Gasteiger partial charge in [0.05, 0.1) is 17.1 Å². The molecule has 3 rings (SSSR count). The second kappa shape index (κ2) is 9.65. The van der Waals surface area contributed by atoms with Gasteiger partial charge in [0.1, 0.15) is 0 Å². The van der Waals surface area contributed by atoms with Crippen LogP contribution >= 0.6 is 11.6 Å². The van der Waals surface area contributed by atoms with Crippen LogP contribution in [0.3, 0.4) is 0 Å². The highest BCUT2D eigenvalue weighted by atomic mass is 35.5. The largest absolute Gasteiger partial charge is 0.376 e. The highest BCUT2D eigenvalue weighted by Gasteiger charge is 2.21. The predicted molar refractivity (Wildman–Crippen MR) is 120 cm³/mol. The molecule has 0 aliphatic rings. The highest BCUT2D eigenvalue weighted by molar-refractivity contribution is 7.92. The van der Waals surface area contributed by atoms with Crippen LogP contribution in [0, 0.1) is 0 Å². The Hall–Kier alpha value is -3.03. The number of rotatable bonds is 8. The number of sulfonamides is 1. The standard InChI is InChI=1S/C22H22ClN3O3S/c1-26(20-7-3-2-4-8-20)30(28,29)21-9-5-6-19(14-21)24-16-22(27)25-15-17-10-12-18(23)13-11-17/h2-14,24H,15-16H2,1H3,(H,25,27). The fourth-order valence-electron chi connectivity index (χ4n) is 2.75. The molecule has 0 heterocycles. The van der Waals surface area contributed by atoms with Gasteiger partial charge in [0.2, 0.25) is 5.91 Å². The molecule has 0 radical (unpaired) electrons. The molecule has 156 valence electrons. The molecular formula is C22H22ClN3O3S. The molecule has 1 amide bonds. The zero-order chi connectivity index (χ0) is 21.6. The van der Waals surface area contributed by atoms with Gasteiger partial charge in [-0.1, -0.05) is 48.0 Å². The Labute approximate surface area is 181 Å². The van der Waals surface area contributed by atoms with Crippen LogP contribution in [0.5, 0.6) is 0 Å². The summed E-state index contributed by atoms with van der Waals surface area (Å²) in [7, 11) is -2.21. The number of halogens is 1. The van der Waals surface area contributed by atoms with Gasteiger partial charge < -0.3 is 10.6 Å². The van der Waals surface area contributed by atoms with Crippen LogP contribution in [0.2, 0.25) is 5.02 Å².